The number of hydrogen-bond acceptors (Lipinski definition) is 3. The zero-order valence-electron chi connectivity index (χ0n) is 12.7. The molecule has 0 radical (unpaired) electrons. The first-order valence-corrected chi connectivity index (χ1v) is 6.99. The van der Waals surface area contributed by atoms with Gasteiger partial charge < -0.3 is 10.2 Å². The van der Waals surface area contributed by atoms with E-state index in [2.05, 4.69) is 46.6 Å². The number of urea groups is 1. The monoisotopic (exact) mass is 287 g/mol. The maximum Gasteiger partial charge on any atom is 0.317 e. The van der Waals surface area contributed by atoms with Crippen LogP contribution in [0.5, 0.6) is 0 Å². The van der Waals surface area contributed by atoms with E-state index < -0.39 is 0 Å². The number of aryl methyl sites for hydroxylation is 1. The third-order valence-corrected chi connectivity index (χ3v) is 3.26. The maximum atomic E-state index is 11.5. The number of hydrogen-bond donors (Lipinski definition) is 1. The van der Waals surface area contributed by atoms with Gasteiger partial charge in [-0.3, -0.25) is 0 Å². The Labute approximate surface area is 124 Å². The number of carbonyl (C=O) groups excluding carboxylic acids is 1. The van der Waals surface area contributed by atoms with Gasteiger partial charge in [0.2, 0.25) is 0 Å². The summed E-state index contributed by atoms with van der Waals surface area (Å²) in [5.41, 5.74) is 2.48. The fourth-order valence-corrected chi connectivity index (χ4v) is 1.92. The minimum Gasteiger partial charge on any atom is -0.331 e. The zero-order valence-corrected chi connectivity index (χ0v) is 12.7. The Morgan fingerprint density at radius 3 is 2.52 bits per heavy atom. The van der Waals surface area contributed by atoms with Crippen molar-refractivity contribution in [3.05, 3.63) is 47.5 Å². The van der Waals surface area contributed by atoms with Gasteiger partial charge in [-0.15, -0.1) is 0 Å². The molecule has 0 bridgehead atoms. The Morgan fingerprint density at radius 1 is 1.24 bits per heavy atom. The Bertz CT molecular complexity index is 588. The van der Waals surface area contributed by atoms with Crippen LogP contribution in [0, 0.1) is 0 Å². The molecule has 0 saturated carbocycles. The van der Waals surface area contributed by atoms with Crippen molar-refractivity contribution in [2.45, 2.75) is 26.4 Å². The molecule has 6 heteroatoms. The molecule has 0 aliphatic heterocycles. The van der Waals surface area contributed by atoms with Crippen LogP contribution in [0.4, 0.5) is 4.79 Å². The largest absolute Gasteiger partial charge is 0.331 e. The molecule has 0 unspecified atom stereocenters. The molecule has 2 amide bonds. The van der Waals surface area contributed by atoms with Crippen LogP contribution in [0.1, 0.15) is 23.9 Å². The lowest BCUT2D eigenvalue weighted by atomic mass is 10.1. The lowest BCUT2D eigenvalue weighted by Crippen LogP contribution is -2.34. The van der Waals surface area contributed by atoms with E-state index in [-0.39, 0.29) is 6.03 Å². The summed E-state index contributed by atoms with van der Waals surface area (Å²) in [6.07, 6.45) is 2.54. The third kappa shape index (κ3) is 4.05. The van der Waals surface area contributed by atoms with Gasteiger partial charge >= 0.3 is 6.03 Å². The lowest BCUT2D eigenvalue weighted by Gasteiger charge is -2.12. The molecule has 0 aliphatic carbocycles. The molecule has 0 spiro atoms. The van der Waals surface area contributed by atoms with E-state index in [4.69, 9.17) is 0 Å². The molecule has 1 aromatic heterocycles. The summed E-state index contributed by atoms with van der Waals surface area (Å²) in [5.74, 6) is 0.741. The molecule has 0 aliphatic rings. The first-order chi connectivity index (χ1) is 10.1. The smallest absolute Gasteiger partial charge is 0.317 e. The van der Waals surface area contributed by atoms with Crippen LogP contribution in [0.3, 0.4) is 0 Å². The molecule has 1 heterocycles. The van der Waals surface area contributed by atoms with Gasteiger partial charge in [0.1, 0.15) is 12.2 Å². The highest BCUT2D eigenvalue weighted by molar-refractivity contribution is 5.73. The van der Waals surface area contributed by atoms with Gasteiger partial charge in [-0.25, -0.2) is 14.5 Å². The van der Waals surface area contributed by atoms with Gasteiger partial charge in [0.05, 0.1) is 13.1 Å². The van der Waals surface area contributed by atoms with Crippen LogP contribution in [0.15, 0.2) is 30.6 Å². The second-order valence-corrected chi connectivity index (χ2v) is 5.06. The van der Waals surface area contributed by atoms with Gasteiger partial charge in [0, 0.05) is 14.1 Å². The topological polar surface area (TPSA) is 63.1 Å². The van der Waals surface area contributed by atoms with Crippen LogP contribution in [-0.2, 0) is 19.5 Å². The Morgan fingerprint density at radius 2 is 1.90 bits per heavy atom. The molecule has 112 valence electrons. The number of nitrogens with zero attached hydrogens (tertiary/aromatic N) is 4. The summed E-state index contributed by atoms with van der Waals surface area (Å²) in [5, 5.41) is 7.01. The van der Waals surface area contributed by atoms with Crippen molar-refractivity contribution in [3.8, 4) is 0 Å². The van der Waals surface area contributed by atoms with E-state index >= 15 is 0 Å². The molecular weight excluding hydrogens is 266 g/mol. The standard InChI is InChI=1S/C15H21N5O/c1-4-12-5-7-13(8-6-12)10-20-14(17-11-18-20)9-16-15(21)19(2)3/h5-8,11H,4,9-10H2,1-3H3,(H,16,21). The second kappa shape index (κ2) is 6.88. The van der Waals surface area contributed by atoms with Crippen molar-refractivity contribution < 1.29 is 4.79 Å². The van der Waals surface area contributed by atoms with Crippen LogP contribution in [-0.4, -0.2) is 39.8 Å². The number of rotatable bonds is 5. The van der Waals surface area contributed by atoms with Crippen LogP contribution >= 0.6 is 0 Å². The molecule has 1 aromatic carbocycles. The first kappa shape index (κ1) is 15.0. The maximum absolute atomic E-state index is 11.5. The molecule has 1 N–H and O–H groups in total. The minimum atomic E-state index is -0.142. The number of carbonyl (C=O) groups is 1. The van der Waals surface area contributed by atoms with E-state index in [9.17, 15) is 4.79 Å². The normalized spacial score (nSPS) is 10.4. The fourth-order valence-electron chi connectivity index (χ4n) is 1.92. The van der Waals surface area contributed by atoms with Crippen LogP contribution < -0.4 is 5.32 Å². The van der Waals surface area contributed by atoms with E-state index in [1.807, 2.05) is 0 Å². The highest BCUT2D eigenvalue weighted by Gasteiger charge is 2.08. The number of benzene rings is 1. The lowest BCUT2D eigenvalue weighted by molar-refractivity contribution is 0.216. The van der Waals surface area contributed by atoms with Crippen LogP contribution in [0.25, 0.3) is 0 Å². The Hall–Kier alpha value is -2.37. The van der Waals surface area contributed by atoms with Gasteiger partial charge in [0.25, 0.3) is 0 Å². The van der Waals surface area contributed by atoms with E-state index in [1.165, 1.54) is 16.8 Å². The summed E-state index contributed by atoms with van der Waals surface area (Å²) in [6, 6.07) is 8.31. The summed E-state index contributed by atoms with van der Waals surface area (Å²) >= 11 is 0. The SMILES string of the molecule is CCc1ccc(Cn2ncnc2CNC(=O)N(C)C)cc1. The molecule has 2 rings (SSSR count). The molecular formula is C15H21N5O. The first-order valence-electron chi connectivity index (χ1n) is 6.99. The minimum absolute atomic E-state index is 0.142. The van der Waals surface area contributed by atoms with Crippen LogP contribution in [0.2, 0.25) is 0 Å². The average Bonchev–Trinajstić information content (AvgIpc) is 2.92. The molecule has 21 heavy (non-hydrogen) atoms. The third-order valence-electron chi connectivity index (χ3n) is 3.26. The average molecular weight is 287 g/mol. The summed E-state index contributed by atoms with van der Waals surface area (Å²) in [6.45, 7) is 3.15. The van der Waals surface area contributed by atoms with Gasteiger partial charge in [-0.1, -0.05) is 31.2 Å². The predicted octanol–water partition coefficient (Wildman–Crippen LogP) is 1.66. The van der Waals surface area contributed by atoms with Crippen molar-refractivity contribution in [3.63, 3.8) is 0 Å². The fraction of sp³-hybridized carbons (Fsp3) is 0.400. The van der Waals surface area contributed by atoms with Crippen molar-refractivity contribution in [1.29, 1.82) is 0 Å². The second-order valence-electron chi connectivity index (χ2n) is 5.06. The zero-order chi connectivity index (χ0) is 15.2. The van der Waals surface area contributed by atoms with Gasteiger partial charge in [0.15, 0.2) is 0 Å². The Kier molecular flexibility index (Phi) is 4.92. The summed E-state index contributed by atoms with van der Waals surface area (Å²) in [4.78, 5) is 17.2. The number of aromatic nitrogens is 3. The molecule has 0 fully saturated rings. The summed E-state index contributed by atoms with van der Waals surface area (Å²) < 4.78 is 1.80. The number of nitrogens with one attached hydrogen (secondary N) is 1. The van der Waals surface area contributed by atoms with E-state index in [0.29, 0.717) is 13.1 Å². The van der Waals surface area contributed by atoms with Gasteiger partial charge in [-0.05, 0) is 17.5 Å². The highest BCUT2D eigenvalue weighted by atomic mass is 16.2. The summed E-state index contributed by atoms with van der Waals surface area (Å²) in [7, 11) is 3.41. The number of amides is 2. The van der Waals surface area contributed by atoms with E-state index in [1.54, 1.807) is 18.8 Å². The van der Waals surface area contributed by atoms with E-state index in [0.717, 1.165) is 17.8 Å². The molecule has 0 saturated heterocycles. The quantitative estimate of drug-likeness (QED) is 0.909. The molecule has 6 nitrogen and oxygen atoms in total. The molecule has 0 atom stereocenters. The van der Waals surface area contributed by atoms with Crippen molar-refractivity contribution in [1.82, 2.24) is 25.0 Å². The Balaban J connectivity index is 2.00. The van der Waals surface area contributed by atoms with Crippen molar-refractivity contribution in [2.24, 2.45) is 0 Å². The predicted molar refractivity (Wildman–Crippen MR) is 80.9 cm³/mol. The van der Waals surface area contributed by atoms with Gasteiger partial charge in [-0.2, -0.15) is 5.10 Å². The molecule has 2 aromatic rings. The van der Waals surface area contributed by atoms with Crippen molar-refractivity contribution in [2.75, 3.05) is 14.1 Å². The van der Waals surface area contributed by atoms with Crippen molar-refractivity contribution >= 4 is 6.03 Å². The highest BCUT2D eigenvalue weighted by Crippen LogP contribution is 2.07.